The lowest BCUT2D eigenvalue weighted by molar-refractivity contribution is -0.130. The molecule has 0 bridgehead atoms. The first-order valence-corrected chi connectivity index (χ1v) is 5.73. The van der Waals surface area contributed by atoms with Crippen LogP contribution in [0.4, 0.5) is 11.6 Å². The lowest BCUT2D eigenvalue weighted by atomic mass is 10.3. The van der Waals surface area contributed by atoms with Gasteiger partial charge in [-0.15, -0.1) is 0 Å². The summed E-state index contributed by atoms with van der Waals surface area (Å²) in [6.07, 6.45) is 0. The number of hydrogen-bond donors (Lipinski definition) is 2. The van der Waals surface area contributed by atoms with E-state index < -0.39 is 0 Å². The maximum atomic E-state index is 11.4. The number of aromatic nitrogens is 2. The van der Waals surface area contributed by atoms with E-state index in [9.17, 15) is 9.59 Å². The van der Waals surface area contributed by atoms with Crippen molar-refractivity contribution < 1.29 is 9.59 Å². The molecule has 1 aromatic carbocycles. The van der Waals surface area contributed by atoms with Crippen LogP contribution in [0.25, 0.3) is 11.0 Å². The van der Waals surface area contributed by atoms with E-state index in [2.05, 4.69) is 15.3 Å². The zero-order valence-corrected chi connectivity index (χ0v) is 9.96. The van der Waals surface area contributed by atoms with Crippen LogP contribution in [0.3, 0.4) is 0 Å². The van der Waals surface area contributed by atoms with Crippen LogP contribution in [0, 0.1) is 0 Å². The Balaban J connectivity index is 2.06. The van der Waals surface area contributed by atoms with Gasteiger partial charge in [0.2, 0.25) is 11.8 Å². The Labute approximate surface area is 108 Å². The summed E-state index contributed by atoms with van der Waals surface area (Å²) in [5.74, 6) is -0.167. The van der Waals surface area contributed by atoms with Gasteiger partial charge in [0.05, 0.1) is 24.1 Å². The average Bonchev–Trinajstić information content (AvgIpc) is 2.36. The molecule has 1 aliphatic rings. The summed E-state index contributed by atoms with van der Waals surface area (Å²) >= 11 is 0. The molecule has 7 heteroatoms. The Morgan fingerprint density at radius 2 is 1.63 bits per heavy atom. The minimum Gasteiger partial charge on any atom is -0.381 e. The highest BCUT2D eigenvalue weighted by Crippen LogP contribution is 2.22. The van der Waals surface area contributed by atoms with Gasteiger partial charge in [0.25, 0.3) is 0 Å². The number of amides is 2. The third-order valence-electron chi connectivity index (χ3n) is 2.83. The first-order chi connectivity index (χ1) is 9.13. The smallest absolute Gasteiger partial charge is 0.246 e. The summed E-state index contributed by atoms with van der Waals surface area (Å²) in [7, 11) is 0. The van der Waals surface area contributed by atoms with E-state index >= 15 is 0 Å². The highest BCUT2D eigenvalue weighted by atomic mass is 16.2. The fourth-order valence-electron chi connectivity index (χ4n) is 2.02. The van der Waals surface area contributed by atoms with Gasteiger partial charge in [0, 0.05) is 0 Å². The Bertz CT molecular complexity index is 669. The average molecular weight is 257 g/mol. The normalized spacial score (nSPS) is 15.7. The minimum absolute atomic E-state index is 0.0446. The Morgan fingerprint density at radius 3 is 2.26 bits per heavy atom. The van der Waals surface area contributed by atoms with Crippen molar-refractivity contribution in [1.29, 1.82) is 0 Å². The van der Waals surface area contributed by atoms with E-state index in [-0.39, 0.29) is 30.7 Å². The molecule has 0 aliphatic carbocycles. The van der Waals surface area contributed by atoms with E-state index in [1.807, 2.05) is 12.1 Å². The van der Waals surface area contributed by atoms with Crippen molar-refractivity contribution in [3.8, 4) is 0 Å². The number of carbonyl (C=O) groups excluding carboxylic acids is 2. The topological polar surface area (TPSA) is 101 Å². The molecule has 0 unspecified atom stereocenters. The van der Waals surface area contributed by atoms with Gasteiger partial charge >= 0.3 is 0 Å². The molecule has 96 valence electrons. The molecular weight excluding hydrogens is 246 g/mol. The number of para-hydroxylation sites is 2. The lowest BCUT2D eigenvalue weighted by Gasteiger charge is -2.26. The van der Waals surface area contributed by atoms with Gasteiger partial charge < -0.3 is 10.6 Å². The molecule has 19 heavy (non-hydrogen) atoms. The number of nitrogens with zero attached hydrogens (tertiary/aromatic N) is 3. The fraction of sp³-hybridized carbons (Fsp3) is 0.167. The number of imide groups is 1. The van der Waals surface area contributed by atoms with Crippen molar-refractivity contribution in [2.75, 3.05) is 23.7 Å². The number of piperazine rings is 1. The highest BCUT2D eigenvalue weighted by Gasteiger charge is 2.25. The molecule has 1 saturated heterocycles. The van der Waals surface area contributed by atoms with Gasteiger partial charge in [-0.25, -0.2) is 9.97 Å². The van der Waals surface area contributed by atoms with E-state index in [0.29, 0.717) is 16.9 Å². The summed E-state index contributed by atoms with van der Waals surface area (Å²) in [6, 6.07) is 7.28. The zero-order chi connectivity index (χ0) is 13.4. The standard InChI is InChI=1S/C12H11N5O2/c13-11-12(17-5-9(18)16-10(19)6-17)15-8-4-2-1-3-7(8)14-11/h1-4H,5-6H2,(H2,13,14)(H,16,18,19). The molecule has 2 aromatic rings. The van der Waals surface area contributed by atoms with Gasteiger partial charge in [0.1, 0.15) is 0 Å². The Morgan fingerprint density at radius 1 is 1.05 bits per heavy atom. The molecule has 3 rings (SSSR count). The first-order valence-electron chi connectivity index (χ1n) is 5.73. The number of rotatable bonds is 1. The second-order valence-electron chi connectivity index (χ2n) is 4.25. The van der Waals surface area contributed by atoms with Crippen molar-refractivity contribution >= 4 is 34.5 Å². The van der Waals surface area contributed by atoms with Crippen LogP contribution < -0.4 is 16.0 Å². The molecule has 2 amide bonds. The lowest BCUT2D eigenvalue weighted by Crippen LogP contribution is -2.52. The number of hydrogen-bond acceptors (Lipinski definition) is 6. The van der Waals surface area contributed by atoms with E-state index in [0.717, 1.165) is 0 Å². The van der Waals surface area contributed by atoms with Gasteiger partial charge in [-0.1, -0.05) is 12.1 Å². The van der Waals surface area contributed by atoms with Crippen molar-refractivity contribution in [2.24, 2.45) is 0 Å². The molecule has 2 heterocycles. The van der Waals surface area contributed by atoms with Crippen LogP contribution in [0.1, 0.15) is 0 Å². The van der Waals surface area contributed by atoms with Gasteiger partial charge in [0.15, 0.2) is 11.6 Å². The number of fused-ring (bicyclic) bond motifs is 1. The second kappa shape index (κ2) is 4.20. The summed E-state index contributed by atoms with van der Waals surface area (Å²) < 4.78 is 0. The summed E-state index contributed by atoms with van der Waals surface area (Å²) in [5.41, 5.74) is 7.20. The summed E-state index contributed by atoms with van der Waals surface area (Å²) in [5, 5.41) is 2.23. The zero-order valence-electron chi connectivity index (χ0n) is 9.96. The van der Waals surface area contributed by atoms with Crippen LogP contribution in [0.5, 0.6) is 0 Å². The van der Waals surface area contributed by atoms with E-state index in [1.165, 1.54) is 4.90 Å². The molecular formula is C12H11N5O2. The minimum atomic E-state index is -0.370. The molecule has 0 saturated carbocycles. The quantitative estimate of drug-likeness (QED) is 0.679. The number of benzene rings is 1. The van der Waals surface area contributed by atoms with Gasteiger partial charge in [-0.05, 0) is 12.1 Å². The molecule has 1 fully saturated rings. The van der Waals surface area contributed by atoms with Crippen LogP contribution in [0.2, 0.25) is 0 Å². The van der Waals surface area contributed by atoms with Crippen LogP contribution in [-0.2, 0) is 9.59 Å². The number of anilines is 2. The van der Waals surface area contributed by atoms with Gasteiger partial charge in [-0.3, -0.25) is 14.9 Å². The maximum Gasteiger partial charge on any atom is 0.246 e. The number of nitrogens with two attached hydrogens (primary N) is 1. The van der Waals surface area contributed by atoms with Crippen molar-refractivity contribution in [2.45, 2.75) is 0 Å². The second-order valence-corrected chi connectivity index (χ2v) is 4.25. The fourth-order valence-corrected chi connectivity index (χ4v) is 2.02. The predicted molar refractivity (Wildman–Crippen MR) is 69.3 cm³/mol. The molecule has 3 N–H and O–H groups in total. The van der Waals surface area contributed by atoms with Crippen LogP contribution >= 0.6 is 0 Å². The molecule has 1 aliphatic heterocycles. The van der Waals surface area contributed by atoms with Crippen molar-refractivity contribution in [1.82, 2.24) is 15.3 Å². The first kappa shape index (κ1) is 11.4. The molecule has 0 radical (unpaired) electrons. The number of carbonyl (C=O) groups is 2. The highest BCUT2D eigenvalue weighted by molar-refractivity contribution is 6.03. The summed E-state index contributed by atoms with van der Waals surface area (Å²) in [6.45, 7) is 0.0892. The van der Waals surface area contributed by atoms with Crippen LogP contribution in [-0.4, -0.2) is 34.9 Å². The van der Waals surface area contributed by atoms with Crippen molar-refractivity contribution in [3.63, 3.8) is 0 Å². The third kappa shape index (κ3) is 2.05. The SMILES string of the molecule is Nc1nc2ccccc2nc1N1CC(=O)NC(=O)C1. The Hall–Kier alpha value is -2.70. The monoisotopic (exact) mass is 257 g/mol. The number of nitrogens with one attached hydrogen (secondary N) is 1. The predicted octanol–water partition coefficient (Wildman–Crippen LogP) is -0.325. The summed E-state index contributed by atoms with van der Waals surface area (Å²) in [4.78, 5) is 32.9. The van der Waals surface area contributed by atoms with E-state index in [1.54, 1.807) is 12.1 Å². The molecule has 1 aromatic heterocycles. The van der Waals surface area contributed by atoms with Crippen LogP contribution in [0.15, 0.2) is 24.3 Å². The maximum absolute atomic E-state index is 11.4. The molecule has 0 spiro atoms. The molecule has 7 nitrogen and oxygen atoms in total. The largest absolute Gasteiger partial charge is 0.381 e. The Kier molecular flexibility index (Phi) is 2.52. The third-order valence-corrected chi connectivity index (χ3v) is 2.83. The number of nitrogen functional groups attached to an aromatic ring is 1. The van der Waals surface area contributed by atoms with E-state index in [4.69, 9.17) is 5.73 Å². The van der Waals surface area contributed by atoms with Crippen molar-refractivity contribution in [3.05, 3.63) is 24.3 Å². The van der Waals surface area contributed by atoms with Gasteiger partial charge in [-0.2, -0.15) is 0 Å². The molecule has 0 atom stereocenters.